The van der Waals surface area contributed by atoms with Gasteiger partial charge in [-0.15, -0.1) is 0 Å². The molecular formula is C17H20N3O5S+. The summed E-state index contributed by atoms with van der Waals surface area (Å²) in [5.74, 6) is -1.58. The van der Waals surface area contributed by atoms with Crippen LogP contribution in [0.5, 0.6) is 0 Å². The zero-order chi connectivity index (χ0) is 18.7. The Morgan fingerprint density at radius 2 is 2.19 bits per heavy atom. The molecule has 3 N–H and O–H groups in total. The quantitative estimate of drug-likeness (QED) is 0.501. The van der Waals surface area contributed by atoms with Crippen molar-refractivity contribution in [2.75, 3.05) is 0 Å². The lowest BCUT2D eigenvalue weighted by molar-refractivity contribution is -0.697. The van der Waals surface area contributed by atoms with Crippen molar-refractivity contribution in [1.82, 2.24) is 9.30 Å². The number of aliphatic hydroxyl groups excluding tert-OH is 2. The third-order valence-electron chi connectivity index (χ3n) is 5.51. The number of carbonyl (C=O) groups excluding carboxylic acids is 1. The summed E-state index contributed by atoms with van der Waals surface area (Å²) >= 11 is 1.52. The number of nitrogens with zero attached hydrogens (tertiary/aromatic N) is 3. The molecule has 4 rings (SSSR count). The Morgan fingerprint density at radius 1 is 1.46 bits per heavy atom. The molecule has 4 atom stereocenters. The number of fused-ring (bicyclic) bond motifs is 2. The van der Waals surface area contributed by atoms with Crippen LogP contribution in [0.3, 0.4) is 0 Å². The molecule has 1 saturated heterocycles. The second-order valence-corrected chi connectivity index (χ2v) is 7.80. The lowest BCUT2D eigenvalue weighted by Gasteiger charge is -2.46. The molecule has 9 heteroatoms. The van der Waals surface area contributed by atoms with Crippen LogP contribution in [0.1, 0.15) is 19.7 Å². The summed E-state index contributed by atoms with van der Waals surface area (Å²) in [6.07, 6.45) is 2.91. The number of aliphatic hydroxyl groups is 2. The van der Waals surface area contributed by atoms with Gasteiger partial charge >= 0.3 is 5.97 Å². The predicted octanol–water partition coefficient (Wildman–Crippen LogP) is -0.0232. The average Bonchev–Trinajstić information content (AvgIpc) is 3.19. The fourth-order valence-electron chi connectivity index (χ4n) is 4.28. The highest BCUT2D eigenvalue weighted by Crippen LogP contribution is 2.47. The smallest absolute Gasteiger partial charge is 0.352 e. The van der Waals surface area contributed by atoms with E-state index in [2.05, 4.69) is 0 Å². The van der Waals surface area contributed by atoms with Crippen LogP contribution in [-0.4, -0.2) is 48.6 Å². The molecule has 2 aromatic rings. The molecule has 1 fully saturated rings. The van der Waals surface area contributed by atoms with Gasteiger partial charge in [0.15, 0.2) is 0 Å². The van der Waals surface area contributed by atoms with Crippen molar-refractivity contribution in [2.45, 2.75) is 39.1 Å². The highest BCUT2D eigenvalue weighted by molar-refractivity contribution is 7.15. The molecule has 2 aromatic heterocycles. The van der Waals surface area contributed by atoms with E-state index in [0.29, 0.717) is 11.4 Å². The first-order chi connectivity index (χ1) is 12.4. The second kappa shape index (κ2) is 5.90. The summed E-state index contributed by atoms with van der Waals surface area (Å²) in [6, 6.07) is -0.328. The molecule has 2 aliphatic heterocycles. The lowest BCUT2D eigenvalue weighted by Crippen LogP contribution is -2.63. The largest absolute Gasteiger partial charge is 0.477 e. The average molecular weight is 378 g/mol. The van der Waals surface area contributed by atoms with E-state index in [-0.39, 0.29) is 36.7 Å². The normalized spacial score (nSPS) is 26.4. The second-order valence-electron chi connectivity index (χ2n) is 6.88. The zero-order valence-corrected chi connectivity index (χ0v) is 15.2. The third kappa shape index (κ3) is 2.17. The minimum atomic E-state index is -1.14. The van der Waals surface area contributed by atoms with E-state index < -0.39 is 18.0 Å². The maximum atomic E-state index is 12.4. The van der Waals surface area contributed by atoms with Crippen molar-refractivity contribution >= 4 is 28.0 Å². The van der Waals surface area contributed by atoms with Crippen molar-refractivity contribution in [3.05, 3.63) is 34.9 Å². The molecule has 0 unspecified atom stereocenters. The van der Waals surface area contributed by atoms with Crippen molar-refractivity contribution in [3.8, 4) is 0 Å². The van der Waals surface area contributed by atoms with Gasteiger partial charge in [-0.25, -0.2) is 9.36 Å². The number of carbonyl (C=O) groups is 2. The van der Waals surface area contributed by atoms with Crippen molar-refractivity contribution in [1.29, 1.82) is 0 Å². The standard InChI is InChI=1S/C17H19N3O5S/c1-8-10(5-18-6-12-19(3-4-26-12)11(18)7-21)15(17(24)25)20-14(8)13(9(2)22)16(20)23/h3-4,6,8-9,13-14,21-22H,5,7H2,1-2H3/p+1/t8-,9+,13+,14+/m0/s1. The summed E-state index contributed by atoms with van der Waals surface area (Å²) in [5, 5.41) is 31.3. The number of aromatic nitrogens is 2. The van der Waals surface area contributed by atoms with Gasteiger partial charge in [0, 0.05) is 16.9 Å². The van der Waals surface area contributed by atoms with Gasteiger partial charge in [0.1, 0.15) is 31.2 Å². The minimum Gasteiger partial charge on any atom is -0.477 e. The predicted molar refractivity (Wildman–Crippen MR) is 91.0 cm³/mol. The fourth-order valence-corrected chi connectivity index (χ4v) is 5.07. The SMILES string of the molecule is C[C@@H](O)[C@H]1C(=O)N2C(C(=O)O)=C(C[n+]3cc4sccn4c3CO)[C@H](C)[C@H]12. The molecule has 0 spiro atoms. The minimum absolute atomic E-state index is 0.00958. The molecule has 26 heavy (non-hydrogen) atoms. The maximum absolute atomic E-state index is 12.4. The first kappa shape index (κ1) is 17.2. The number of carboxylic acid groups (broad SMARTS) is 1. The van der Waals surface area contributed by atoms with Crippen LogP contribution in [0.2, 0.25) is 0 Å². The van der Waals surface area contributed by atoms with Gasteiger partial charge in [-0.05, 0) is 6.92 Å². The highest BCUT2D eigenvalue weighted by Gasteiger charge is 2.60. The number of β-lactam (4-membered cyclic amide) rings is 1. The van der Waals surface area contributed by atoms with Gasteiger partial charge in [-0.3, -0.25) is 4.79 Å². The number of hydrogen-bond acceptors (Lipinski definition) is 5. The van der Waals surface area contributed by atoms with Gasteiger partial charge < -0.3 is 20.2 Å². The Balaban J connectivity index is 1.76. The molecule has 8 nitrogen and oxygen atoms in total. The summed E-state index contributed by atoms with van der Waals surface area (Å²) in [5.41, 5.74) is 0.646. The summed E-state index contributed by atoms with van der Waals surface area (Å²) in [7, 11) is 0. The zero-order valence-electron chi connectivity index (χ0n) is 14.4. The van der Waals surface area contributed by atoms with Crippen LogP contribution in [0.15, 0.2) is 29.0 Å². The molecule has 0 bridgehead atoms. The van der Waals surface area contributed by atoms with Crippen LogP contribution in [-0.2, 0) is 22.7 Å². The van der Waals surface area contributed by atoms with E-state index in [0.717, 1.165) is 4.83 Å². The number of imidazole rings is 1. The first-order valence-corrected chi connectivity index (χ1v) is 9.30. The monoisotopic (exact) mass is 378 g/mol. The molecule has 1 amide bonds. The first-order valence-electron chi connectivity index (χ1n) is 8.42. The summed E-state index contributed by atoms with van der Waals surface area (Å²) in [6.45, 7) is 3.55. The van der Waals surface area contributed by atoms with Crippen molar-refractivity contribution < 1.29 is 29.5 Å². The molecule has 2 aliphatic rings. The molecular weight excluding hydrogens is 358 g/mol. The highest BCUT2D eigenvalue weighted by atomic mass is 32.1. The Bertz CT molecular complexity index is 943. The maximum Gasteiger partial charge on any atom is 0.352 e. The van der Waals surface area contributed by atoms with Crippen LogP contribution < -0.4 is 4.57 Å². The molecule has 0 aromatic carbocycles. The van der Waals surface area contributed by atoms with Crippen LogP contribution in [0.25, 0.3) is 4.83 Å². The Morgan fingerprint density at radius 3 is 2.81 bits per heavy atom. The van der Waals surface area contributed by atoms with Gasteiger partial charge in [0.25, 0.3) is 5.82 Å². The summed E-state index contributed by atoms with van der Waals surface area (Å²) < 4.78 is 3.69. The number of thiazole rings is 1. The van der Waals surface area contributed by atoms with Crippen molar-refractivity contribution in [3.63, 3.8) is 0 Å². The van der Waals surface area contributed by atoms with Gasteiger partial charge in [0.2, 0.25) is 10.7 Å². The van der Waals surface area contributed by atoms with E-state index in [1.54, 1.807) is 6.92 Å². The lowest BCUT2D eigenvalue weighted by atomic mass is 9.78. The third-order valence-corrected chi connectivity index (χ3v) is 6.31. The molecule has 0 saturated carbocycles. The Hall–Kier alpha value is -2.23. The topological polar surface area (TPSA) is 106 Å². The molecule has 4 heterocycles. The number of carboxylic acids is 1. The van der Waals surface area contributed by atoms with Crippen LogP contribution in [0, 0.1) is 11.8 Å². The van der Waals surface area contributed by atoms with E-state index in [1.807, 2.05) is 33.7 Å². The number of amides is 1. The fraction of sp³-hybridized carbons (Fsp3) is 0.471. The van der Waals surface area contributed by atoms with E-state index in [1.165, 1.54) is 16.2 Å². The number of rotatable bonds is 5. The Labute approximate surface area is 153 Å². The van der Waals surface area contributed by atoms with Gasteiger partial charge in [-0.1, -0.05) is 18.3 Å². The molecule has 0 aliphatic carbocycles. The van der Waals surface area contributed by atoms with E-state index in [9.17, 15) is 24.9 Å². The summed E-state index contributed by atoms with van der Waals surface area (Å²) in [4.78, 5) is 26.5. The number of aliphatic carboxylic acids is 1. The molecule has 138 valence electrons. The van der Waals surface area contributed by atoms with Gasteiger partial charge in [0.05, 0.1) is 18.1 Å². The van der Waals surface area contributed by atoms with Crippen LogP contribution in [0.4, 0.5) is 0 Å². The number of hydrogen-bond donors (Lipinski definition) is 3. The Kier molecular flexibility index (Phi) is 3.90. The van der Waals surface area contributed by atoms with E-state index >= 15 is 0 Å². The van der Waals surface area contributed by atoms with Crippen LogP contribution >= 0.6 is 11.3 Å². The van der Waals surface area contributed by atoms with Gasteiger partial charge in [-0.2, -0.15) is 4.40 Å². The molecule has 0 radical (unpaired) electrons. The van der Waals surface area contributed by atoms with Crippen molar-refractivity contribution in [2.24, 2.45) is 11.8 Å². The van der Waals surface area contributed by atoms with E-state index in [4.69, 9.17) is 0 Å².